The summed E-state index contributed by atoms with van der Waals surface area (Å²) < 4.78 is 42.9. The van der Waals surface area contributed by atoms with Gasteiger partial charge in [0.2, 0.25) is 11.8 Å². The first-order chi connectivity index (χ1) is 18.4. The first-order valence-corrected chi connectivity index (χ1v) is 12.2. The standard InChI is InChI=1S/C28H29F2N3O5/c29-21-3-1-20(2-4-21)18-37-19-26(32-27(34)17-33-13-15-36-16-14-33)28(35)31-23-7-11-25(12-8-23)38-24-9-5-22(30)6-10-24/h1-12,26H,13-19H2,(H,31,35)(H,32,34)/t26-/m0/s1. The summed E-state index contributed by atoms with van der Waals surface area (Å²) in [7, 11) is 0. The van der Waals surface area contributed by atoms with E-state index in [0.717, 1.165) is 5.56 Å². The van der Waals surface area contributed by atoms with E-state index in [0.29, 0.717) is 43.5 Å². The summed E-state index contributed by atoms with van der Waals surface area (Å²) in [6.07, 6.45) is 0. The van der Waals surface area contributed by atoms with Gasteiger partial charge in [0.15, 0.2) is 0 Å². The molecule has 0 unspecified atom stereocenters. The van der Waals surface area contributed by atoms with E-state index in [2.05, 4.69) is 10.6 Å². The van der Waals surface area contributed by atoms with Gasteiger partial charge in [-0.1, -0.05) is 12.1 Å². The SMILES string of the molecule is O=C(CN1CCOCC1)N[C@@H](COCc1ccc(F)cc1)C(=O)Nc1ccc(Oc2ccc(F)cc2)cc1. The molecule has 0 aliphatic carbocycles. The average Bonchev–Trinajstić information content (AvgIpc) is 2.92. The van der Waals surface area contributed by atoms with Crippen LogP contribution in [-0.2, 0) is 25.7 Å². The van der Waals surface area contributed by atoms with Crippen molar-refractivity contribution in [2.45, 2.75) is 12.6 Å². The molecule has 8 nitrogen and oxygen atoms in total. The Balaban J connectivity index is 1.35. The molecule has 1 heterocycles. The van der Waals surface area contributed by atoms with Crippen LogP contribution in [0.5, 0.6) is 11.5 Å². The quantitative estimate of drug-likeness (QED) is 0.397. The maximum Gasteiger partial charge on any atom is 0.249 e. The number of halogens is 2. The van der Waals surface area contributed by atoms with Crippen LogP contribution >= 0.6 is 0 Å². The van der Waals surface area contributed by atoms with Crippen molar-refractivity contribution in [2.24, 2.45) is 0 Å². The van der Waals surface area contributed by atoms with Crippen molar-refractivity contribution in [3.8, 4) is 11.5 Å². The molecule has 200 valence electrons. The van der Waals surface area contributed by atoms with Crippen LogP contribution in [0, 0.1) is 11.6 Å². The zero-order valence-corrected chi connectivity index (χ0v) is 20.7. The number of rotatable bonds is 11. The predicted molar refractivity (Wildman–Crippen MR) is 137 cm³/mol. The zero-order valence-electron chi connectivity index (χ0n) is 20.7. The van der Waals surface area contributed by atoms with Gasteiger partial charge in [0.05, 0.1) is 33.0 Å². The molecule has 0 saturated carbocycles. The maximum atomic E-state index is 13.2. The van der Waals surface area contributed by atoms with Gasteiger partial charge in [-0.05, 0) is 66.2 Å². The fraction of sp³-hybridized carbons (Fsp3) is 0.286. The summed E-state index contributed by atoms with van der Waals surface area (Å²) in [6.45, 7) is 2.59. The Morgan fingerprint density at radius 3 is 2.08 bits per heavy atom. The molecule has 2 N–H and O–H groups in total. The zero-order chi connectivity index (χ0) is 26.7. The molecule has 38 heavy (non-hydrogen) atoms. The lowest BCUT2D eigenvalue weighted by Gasteiger charge is -2.27. The molecule has 0 radical (unpaired) electrons. The fourth-order valence-corrected chi connectivity index (χ4v) is 3.73. The van der Waals surface area contributed by atoms with Gasteiger partial charge in [0, 0.05) is 18.8 Å². The molecule has 0 spiro atoms. The lowest BCUT2D eigenvalue weighted by Crippen LogP contribution is -2.51. The van der Waals surface area contributed by atoms with Crippen molar-refractivity contribution in [2.75, 3.05) is 44.8 Å². The highest BCUT2D eigenvalue weighted by atomic mass is 19.1. The highest BCUT2D eigenvalue weighted by Gasteiger charge is 2.23. The van der Waals surface area contributed by atoms with Gasteiger partial charge in [-0.25, -0.2) is 8.78 Å². The summed E-state index contributed by atoms with van der Waals surface area (Å²) in [5, 5.41) is 5.54. The number of nitrogens with zero attached hydrogens (tertiary/aromatic N) is 1. The third-order valence-electron chi connectivity index (χ3n) is 5.76. The number of hydrogen-bond donors (Lipinski definition) is 2. The molecule has 1 aliphatic heterocycles. The molecule has 0 aromatic heterocycles. The second-order valence-corrected chi connectivity index (χ2v) is 8.72. The van der Waals surface area contributed by atoms with E-state index in [1.807, 2.05) is 4.90 Å². The van der Waals surface area contributed by atoms with Crippen LogP contribution in [0.15, 0.2) is 72.8 Å². The van der Waals surface area contributed by atoms with E-state index in [4.69, 9.17) is 14.2 Å². The number of nitrogens with one attached hydrogen (secondary N) is 2. The minimum absolute atomic E-state index is 0.0795. The summed E-state index contributed by atoms with van der Waals surface area (Å²) in [4.78, 5) is 27.7. The Morgan fingerprint density at radius 2 is 1.45 bits per heavy atom. The highest BCUT2D eigenvalue weighted by molar-refractivity contribution is 5.97. The molecule has 1 saturated heterocycles. The van der Waals surface area contributed by atoms with E-state index < -0.39 is 11.9 Å². The minimum atomic E-state index is -0.959. The fourth-order valence-electron chi connectivity index (χ4n) is 3.73. The Labute approximate surface area is 219 Å². The van der Waals surface area contributed by atoms with Crippen molar-refractivity contribution < 1.29 is 32.6 Å². The number of carbonyl (C=O) groups excluding carboxylic acids is 2. The number of benzene rings is 3. The lowest BCUT2D eigenvalue weighted by atomic mass is 10.2. The summed E-state index contributed by atoms with van der Waals surface area (Å²) >= 11 is 0. The van der Waals surface area contributed by atoms with E-state index in [-0.39, 0.29) is 37.3 Å². The third-order valence-corrected chi connectivity index (χ3v) is 5.76. The molecule has 10 heteroatoms. The average molecular weight is 526 g/mol. The molecule has 2 amide bonds. The van der Waals surface area contributed by atoms with Crippen molar-refractivity contribution in [3.05, 3.63) is 90.0 Å². The first-order valence-electron chi connectivity index (χ1n) is 12.2. The van der Waals surface area contributed by atoms with E-state index in [9.17, 15) is 18.4 Å². The van der Waals surface area contributed by atoms with Crippen molar-refractivity contribution in [3.63, 3.8) is 0 Å². The molecule has 0 bridgehead atoms. The van der Waals surface area contributed by atoms with Crippen LogP contribution in [0.2, 0.25) is 0 Å². The Hall–Kier alpha value is -3.86. The van der Waals surface area contributed by atoms with Crippen molar-refractivity contribution >= 4 is 17.5 Å². The predicted octanol–water partition coefficient (Wildman–Crippen LogP) is 3.73. The van der Waals surface area contributed by atoms with E-state index in [1.54, 1.807) is 36.4 Å². The first kappa shape index (κ1) is 27.2. The molecule has 3 aromatic carbocycles. The van der Waals surface area contributed by atoms with Gasteiger partial charge < -0.3 is 24.8 Å². The number of carbonyl (C=O) groups is 2. The second kappa shape index (κ2) is 13.6. The molecule has 3 aromatic rings. The highest BCUT2D eigenvalue weighted by Crippen LogP contribution is 2.23. The van der Waals surface area contributed by atoms with Gasteiger partial charge in [0.1, 0.15) is 29.2 Å². The number of amides is 2. The Bertz CT molecular complexity index is 1180. The largest absolute Gasteiger partial charge is 0.457 e. The molecular weight excluding hydrogens is 496 g/mol. The topological polar surface area (TPSA) is 89.1 Å². The van der Waals surface area contributed by atoms with Gasteiger partial charge in [0.25, 0.3) is 0 Å². The minimum Gasteiger partial charge on any atom is -0.457 e. The number of morpholine rings is 1. The molecular formula is C28H29F2N3O5. The van der Waals surface area contributed by atoms with E-state index in [1.165, 1.54) is 36.4 Å². The number of hydrogen-bond acceptors (Lipinski definition) is 6. The Morgan fingerprint density at radius 1 is 0.868 bits per heavy atom. The van der Waals surface area contributed by atoms with Gasteiger partial charge in [-0.3, -0.25) is 14.5 Å². The number of ether oxygens (including phenoxy) is 3. The van der Waals surface area contributed by atoms with Crippen molar-refractivity contribution in [1.29, 1.82) is 0 Å². The molecule has 4 rings (SSSR count). The van der Waals surface area contributed by atoms with Crippen LogP contribution in [0.1, 0.15) is 5.56 Å². The monoisotopic (exact) mass is 525 g/mol. The number of anilines is 1. The second-order valence-electron chi connectivity index (χ2n) is 8.72. The molecule has 1 atom stereocenters. The summed E-state index contributed by atoms with van der Waals surface area (Å²) in [5.74, 6) is -0.483. The molecule has 1 aliphatic rings. The van der Waals surface area contributed by atoms with Crippen LogP contribution in [-0.4, -0.2) is 62.2 Å². The maximum absolute atomic E-state index is 13.2. The van der Waals surface area contributed by atoms with Gasteiger partial charge in [-0.2, -0.15) is 0 Å². The van der Waals surface area contributed by atoms with Gasteiger partial charge in [-0.15, -0.1) is 0 Å². The van der Waals surface area contributed by atoms with Crippen LogP contribution in [0.4, 0.5) is 14.5 Å². The van der Waals surface area contributed by atoms with Crippen LogP contribution < -0.4 is 15.4 Å². The summed E-state index contributed by atoms with van der Waals surface area (Å²) in [6, 6.07) is 17.2. The molecule has 1 fully saturated rings. The lowest BCUT2D eigenvalue weighted by molar-refractivity contribution is -0.129. The van der Waals surface area contributed by atoms with Crippen LogP contribution in [0.3, 0.4) is 0 Å². The Kier molecular flexibility index (Phi) is 9.74. The van der Waals surface area contributed by atoms with Crippen LogP contribution in [0.25, 0.3) is 0 Å². The van der Waals surface area contributed by atoms with Crippen molar-refractivity contribution in [1.82, 2.24) is 10.2 Å². The van der Waals surface area contributed by atoms with Gasteiger partial charge >= 0.3 is 0 Å². The summed E-state index contributed by atoms with van der Waals surface area (Å²) in [5.41, 5.74) is 1.23. The van der Waals surface area contributed by atoms with E-state index >= 15 is 0 Å². The third kappa shape index (κ3) is 8.62. The smallest absolute Gasteiger partial charge is 0.249 e. The normalized spacial score (nSPS) is 14.5.